The van der Waals surface area contributed by atoms with Crippen LogP contribution in [0.5, 0.6) is 0 Å². The summed E-state index contributed by atoms with van der Waals surface area (Å²) in [5.74, 6) is 0.713. The molecule has 1 atom stereocenters. The zero-order valence-electron chi connectivity index (χ0n) is 11.3. The Morgan fingerprint density at radius 2 is 2.37 bits per heavy atom. The van der Waals surface area contributed by atoms with E-state index in [1.54, 1.807) is 0 Å². The normalized spacial score (nSPS) is 19.7. The molecule has 1 aliphatic rings. The van der Waals surface area contributed by atoms with Crippen LogP contribution in [0.3, 0.4) is 0 Å². The monoisotopic (exact) mass is 301 g/mol. The number of carbonyl (C=O) groups excluding carboxylic acids is 1. The number of alkyl halides is 1. The van der Waals surface area contributed by atoms with Crippen molar-refractivity contribution in [3.8, 4) is 0 Å². The van der Waals surface area contributed by atoms with Crippen molar-refractivity contribution in [1.29, 1.82) is 0 Å². The Balaban J connectivity index is 2.14. The van der Waals surface area contributed by atoms with Crippen molar-refractivity contribution in [2.45, 2.75) is 51.5 Å². The van der Waals surface area contributed by atoms with Crippen LogP contribution in [0.2, 0.25) is 0 Å². The highest BCUT2D eigenvalue weighted by Crippen LogP contribution is 2.24. The molecule has 0 aromatic carbocycles. The predicted octanol–water partition coefficient (Wildman–Crippen LogP) is 3.11. The minimum Gasteiger partial charge on any atom is -0.335 e. The molecule has 6 heteroatoms. The van der Waals surface area contributed by atoms with Crippen LogP contribution in [0.1, 0.15) is 54.4 Å². The second kappa shape index (κ2) is 7.20. The van der Waals surface area contributed by atoms with Crippen LogP contribution in [0.15, 0.2) is 0 Å². The molecule has 0 saturated carbocycles. The summed E-state index contributed by atoms with van der Waals surface area (Å²) in [7, 11) is 0. The van der Waals surface area contributed by atoms with Gasteiger partial charge in [0.15, 0.2) is 0 Å². The smallest absolute Gasteiger partial charge is 0.267 e. The van der Waals surface area contributed by atoms with E-state index in [-0.39, 0.29) is 11.9 Å². The van der Waals surface area contributed by atoms with Crippen molar-refractivity contribution in [2.24, 2.45) is 0 Å². The number of carbonyl (C=O) groups is 1. The number of aryl methyl sites for hydroxylation is 1. The first-order valence-electron chi connectivity index (χ1n) is 6.96. The Hall–Kier alpha value is -0.680. The second-order valence-electron chi connectivity index (χ2n) is 4.92. The lowest BCUT2D eigenvalue weighted by Crippen LogP contribution is -2.44. The lowest BCUT2D eigenvalue weighted by Gasteiger charge is -2.35. The molecule has 1 aliphatic heterocycles. The topological polar surface area (TPSA) is 46.1 Å². The van der Waals surface area contributed by atoms with E-state index in [2.05, 4.69) is 16.5 Å². The molecule has 0 spiro atoms. The Labute approximate surface area is 123 Å². The van der Waals surface area contributed by atoms with Gasteiger partial charge in [-0.05, 0) is 43.6 Å². The van der Waals surface area contributed by atoms with E-state index in [0.717, 1.165) is 49.2 Å². The van der Waals surface area contributed by atoms with Gasteiger partial charge in [-0.25, -0.2) is 0 Å². The van der Waals surface area contributed by atoms with Crippen molar-refractivity contribution < 1.29 is 4.79 Å². The summed E-state index contributed by atoms with van der Waals surface area (Å²) >= 11 is 7.08. The number of nitrogens with zero attached hydrogens (tertiary/aromatic N) is 3. The highest BCUT2D eigenvalue weighted by molar-refractivity contribution is 7.08. The van der Waals surface area contributed by atoms with E-state index in [0.29, 0.717) is 5.88 Å². The summed E-state index contributed by atoms with van der Waals surface area (Å²) < 4.78 is 3.95. The number of rotatable bonds is 5. The summed E-state index contributed by atoms with van der Waals surface area (Å²) in [6, 6.07) is 0.287. The van der Waals surface area contributed by atoms with E-state index in [4.69, 9.17) is 11.6 Å². The van der Waals surface area contributed by atoms with Gasteiger partial charge in [0, 0.05) is 18.5 Å². The molecule has 1 unspecified atom stereocenters. The van der Waals surface area contributed by atoms with Gasteiger partial charge in [-0.15, -0.1) is 16.7 Å². The van der Waals surface area contributed by atoms with Crippen LogP contribution in [0.25, 0.3) is 0 Å². The van der Waals surface area contributed by atoms with Crippen LogP contribution in [-0.4, -0.2) is 38.9 Å². The van der Waals surface area contributed by atoms with Gasteiger partial charge < -0.3 is 4.90 Å². The Kier molecular flexibility index (Phi) is 5.58. The summed E-state index contributed by atoms with van der Waals surface area (Å²) in [4.78, 5) is 15.4. The molecule has 1 saturated heterocycles. The highest BCUT2D eigenvalue weighted by atomic mass is 35.5. The minimum atomic E-state index is 0.105. The van der Waals surface area contributed by atoms with Gasteiger partial charge in [-0.3, -0.25) is 4.79 Å². The lowest BCUT2D eigenvalue weighted by atomic mass is 9.99. The van der Waals surface area contributed by atoms with Crippen molar-refractivity contribution in [1.82, 2.24) is 14.5 Å². The quantitative estimate of drug-likeness (QED) is 0.785. The second-order valence-corrected chi connectivity index (χ2v) is 6.06. The predicted molar refractivity (Wildman–Crippen MR) is 77.9 cm³/mol. The minimum absolute atomic E-state index is 0.105. The molecular weight excluding hydrogens is 282 g/mol. The number of likely N-dealkylation sites (tertiary alicyclic amines) is 1. The molecule has 2 rings (SSSR count). The first-order valence-corrected chi connectivity index (χ1v) is 8.26. The molecule has 1 fully saturated rings. The van der Waals surface area contributed by atoms with Crippen molar-refractivity contribution in [3.05, 3.63) is 10.6 Å². The average Bonchev–Trinajstić information content (AvgIpc) is 2.88. The third-order valence-corrected chi connectivity index (χ3v) is 4.54. The lowest BCUT2D eigenvalue weighted by molar-refractivity contribution is 0.0613. The largest absolute Gasteiger partial charge is 0.335 e. The fraction of sp³-hybridized carbons (Fsp3) is 0.769. The molecule has 106 valence electrons. The van der Waals surface area contributed by atoms with Crippen molar-refractivity contribution >= 4 is 29.0 Å². The zero-order valence-corrected chi connectivity index (χ0v) is 12.8. The van der Waals surface area contributed by atoms with Crippen molar-refractivity contribution in [3.63, 3.8) is 0 Å². The molecule has 1 aromatic rings. The van der Waals surface area contributed by atoms with Gasteiger partial charge in [0.25, 0.3) is 5.91 Å². The van der Waals surface area contributed by atoms with E-state index in [1.165, 1.54) is 18.0 Å². The van der Waals surface area contributed by atoms with E-state index >= 15 is 0 Å². The van der Waals surface area contributed by atoms with E-state index < -0.39 is 0 Å². The van der Waals surface area contributed by atoms with Crippen LogP contribution in [0, 0.1) is 0 Å². The van der Waals surface area contributed by atoms with E-state index in [1.807, 2.05) is 4.90 Å². The summed E-state index contributed by atoms with van der Waals surface area (Å²) in [5, 5.41) is 4.09. The maximum Gasteiger partial charge on any atom is 0.267 e. The van der Waals surface area contributed by atoms with Gasteiger partial charge in [-0.2, -0.15) is 0 Å². The van der Waals surface area contributed by atoms with Crippen LogP contribution >= 0.6 is 23.1 Å². The summed E-state index contributed by atoms with van der Waals surface area (Å²) in [6.45, 7) is 2.93. The van der Waals surface area contributed by atoms with Gasteiger partial charge in [0.1, 0.15) is 4.88 Å². The molecule has 0 N–H and O–H groups in total. The number of aromatic nitrogens is 2. The third-order valence-electron chi connectivity index (χ3n) is 3.57. The summed E-state index contributed by atoms with van der Waals surface area (Å²) in [6.07, 6.45) is 6.02. The van der Waals surface area contributed by atoms with Gasteiger partial charge in [0.2, 0.25) is 0 Å². The molecule has 2 heterocycles. The highest BCUT2D eigenvalue weighted by Gasteiger charge is 2.29. The fourth-order valence-electron chi connectivity index (χ4n) is 2.60. The molecule has 0 bridgehead atoms. The average molecular weight is 302 g/mol. The van der Waals surface area contributed by atoms with E-state index in [9.17, 15) is 4.79 Å². The van der Waals surface area contributed by atoms with Crippen molar-refractivity contribution in [2.75, 3.05) is 12.4 Å². The first kappa shape index (κ1) is 14.7. The number of hydrogen-bond donors (Lipinski definition) is 0. The maximum atomic E-state index is 12.7. The number of halogens is 1. The molecule has 1 aromatic heterocycles. The van der Waals surface area contributed by atoms with Gasteiger partial charge >= 0.3 is 0 Å². The number of amides is 1. The SMILES string of the molecule is CCCc1nnsc1C(=O)N1CCCCC1CCCl. The molecular formula is C13H20ClN3OS. The Morgan fingerprint density at radius 1 is 1.53 bits per heavy atom. The fourth-order valence-corrected chi connectivity index (χ4v) is 3.51. The molecule has 0 aliphatic carbocycles. The molecule has 0 radical (unpaired) electrons. The molecule has 19 heavy (non-hydrogen) atoms. The Bertz CT molecular complexity index is 422. The van der Waals surface area contributed by atoms with Crippen LogP contribution in [-0.2, 0) is 6.42 Å². The maximum absolute atomic E-state index is 12.7. The van der Waals surface area contributed by atoms with Crippen LogP contribution < -0.4 is 0 Å². The van der Waals surface area contributed by atoms with Gasteiger partial charge in [0.05, 0.1) is 5.69 Å². The Morgan fingerprint density at radius 3 is 3.11 bits per heavy atom. The summed E-state index contributed by atoms with van der Waals surface area (Å²) in [5.41, 5.74) is 0.854. The number of piperidine rings is 1. The zero-order chi connectivity index (χ0) is 13.7. The van der Waals surface area contributed by atoms with Crippen LogP contribution in [0.4, 0.5) is 0 Å². The molecule has 1 amide bonds. The first-order chi connectivity index (χ1) is 9.27. The standard InChI is InChI=1S/C13H20ClN3OS/c1-2-5-11-12(19-16-15-11)13(18)17-9-4-3-6-10(17)7-8-14/h10H,2-9H2,1H3. The number of hydrogen-bond acceptors (Lipinski definition) is 4. The third kappa shape index (κ3) is 3.45. The van der Waals surface area contributed by atoms with Gasteiger partial charge in [-0.1, -0.05) is 17.8 Å². The molecule has 4 nitrogen and oxygen atoms in total.